The Bertz CT molecular complexity index is 338. The molecule has 0 radical (unpaired) electrons. The Morgan fingerprint density at radius 1 is 1.44 bits per heavy atom. The van der Waals surface area contributed by atoms with Crippen molar-refractivity contribution in [2.45, 2.75) is 17.8 Å². The van der Waals surface area contributed by atoms with Crippen LogP contribution in [0.5, 0.6) is 0 Å². The maximum absolute atomic E-state index is 12.4. The number of carbonyl (C=O) groups excluding carboxylic acids is 1. The van der Waals surface area contributed by atoms with Gasteiger partial charge in [0.15, 0.2) is 15.1 Å². The lowest BCUT2D eigenvalue weighted by Crippen LogP contribution is -2.41. The fourth-order valence-corrected chi connectivity index (χ4v) is 2.57. The van der Waals surface area contributed by atoms with Crippen LogP contribution in [0.2, 0.25) is 0 Å². The van der Waals surface area contributed by atoms with E-state index in [1.54, 1.807) is 0 Å². The first-order valence-electron chi connectivity index (χ1n) is 4.20. The summed E-state index contributed by atoms with van der Waals surface area (Å²) in [6, 6.07) is 0. The van der Waals surface area contributed by atoms with Crippen molar-refractivity contribution < 1.29 is 31.1 Å². The van der Waals surface area contributed by atoms with Crippen LogP contribution < -0.4 is 5.73 Å². The van der Waals surface area contributed by atoms with Gasteiger partial charge < -0.3 is 10.5 Å². The quantitative estimate of drug-likeness (QED) is 0.697. The Morgan fingerprint density at radius 3 is 2.25 bits per heavy atom. The number of halogens is 3. The van der Waals surface area contributed by atoms with E-state index in [0.717, 1.165) is 7.11 Å². The van der Waals surface area contributed by atoms with Gasteiger partial charge in [0.25, 0.3) is 0 Å². The molecule has 0 saturated heterocycles. The summed E-state index contributed by atoms with van der Waals surface area (Å²) in [6.45, 7) is -0.440. The number of methoxy groups -OCH3 is 1. The molecule has 0 rings (SSSR count). The second kappa shape index (κ2) is 5.48. The van der Waals surface area contributed by atoms with Crippen LogP contribution in [-0.4, -0.2) is 45.2 Å². The average Bonchev–Trinajstić information content (AvgIpc) is 2.11. The minimum atomic E-state index is -4.94. The summed E-state index contributed by atoms with van der Waals surface area (Å²) in [5.74, 6) is -2.53. The zero-order valence-electron chi connectivity index (χ0n) is 8.45. The highest BCUT2D eigenvalue weighted by Crippen LogP contribution is 2.28. The number of esters is 1. The molecule has 0 heterocycles. The molecule has 0 aromatic heterocycles. The third-order valence-electron chi connectivity index (χ3n) is 1.77. The Labute approximate surface area is 90.7 Å². The van der Waals surface area contributed by atoms with E-state index in [1.165, 1.54) is 0 Å². The van der Waals surface area contributed by atoms with Crippen molar-refractivity contribution in [2.24, 2.45) is 5.73 Å². The van der Waals surface area contributed by atoms with E-state index in [2.05, 4.69) is 4.74 Å². The molecule has 0 aliphatic rings. The highest BCUT2D eigenvalue weighted by atomic mass is 32.2. The zero-order valence-corrected chi connectivity index (χ0v) is 9.27. The maximum atomic E-state index is 12.4. The van der Waals surface area contributed by atoms with Gasteiger partial charge in [-0.1, -0.05) is 0 Å². The van der Waals surface area contributed by atoms with E-state index >= 15 is 0 Å². The van der Waals surface area contributed by atoms with Crippen LogP contribution in [0.15, 0.2) is 0 Å². The predicted octanol–water partition coefficient (Wildman–Crippen LogP) is -0.146. The van der Waals surface area contributed by atoms with Gasteiger partial charge in [0.2, 0.25) is 0 Å². The summed E-state index contributed by atoms with van der Waals surface area (Å²) in [5.41, 5.74) is 4.91. The molecule has 1 unspecified atom stereocenters. The van der Waals surface area contributed by atoms with Crippen molar-refractivity contribution in [3.63, 3.8) is 0 Å². The molecule has 0 fully saturated rings. The van der Waals surface area contributed by atoms with Crippen molar-refractivity contribution >= 4 is 15.8 Å². The number of sulfone groups is 1. The molecule has 0 spiro atoms. The van der Waals surface area contributed by atoms with E-state index in [4.69, 9.17) is 5.73 Å². The lowest BCUT2D eigenvalue weighted by molar-refractivity contribution is -0.137. The summed E-state index contributed by atoms with van der Waals surface area (Å²) in [5, 5.41) is -2.62. The van der Waals surface area contributed by atoms with Crippen molar-refractivity contribution in [3.8, 4) is 0 Å². The van der Waals surface area contributed by atoms with Gasteiger partial charge in [0.05, 0.1) is 7.11 Å². The first-order valence-corrected chi connectivity index (χ1v) is 5.92. The van der Waals surface area contributed by atoms with E-state index in [9.17, 15) is 26.4 Å². The van der Waals surface area contributed by atoms with Crippen molar-refractivity contribution in [1.29, 1.82) is 0 Å². The SMILES string of the molecule is COC(=O)CS(=O)(=O)C(CCN)C(F)(F)F. The molecule has 16 heavy (non-hydrogen) atoms. The number of hydrogen-bond donors (Lipinski definition) is 1. The summed E-state index contributed by atoms with van der Waals surface area (Å²) >= 11 is 0. The van der Waals surface area contributed by atoms with Gasteiger partial charge in [-0.3, -0.25) is 4.79 Å². The van der Waals surface area contributed by atoms with Crippen LogP contribution in [0.1, 0.15) is 6.42 Å². The molecule has 0 aliphatic carbocycles. The summed E-state index contributed by atoms with van der Waals surface area (Å²) in [7, 11) is -3.74. The molecule has 2 N–H and O–H groups in total. The molecular formula is C7H12F3NO4S. The van der Waals surface area contributed by atoms with Crippen molar-refractivity contribution in [1.82, 2.24) is 0 Å². The summed E-state index contributed by atoms with van der Waals surface area (Å²) in [6.07, 6.45) is -5.71. The highest BCUT2D eigenvalue weighted by Gasteiger charge is 2.48. The molecule has 0 saturated carbocycles. The van der Waals surface area contributed by atoms with Crippen LogP contribution in [0.25, 0.3) is 0 Å². The van der Waals surface area contributed by atoms with E-state index < -0.39 is 46.0 Å². The average molecular weight is 263 g/mol. The third kappa shape index (κ3) is 4.35. The van der Waals surface area contributed by atoms with Gasteiger partial charge in [-0.2, -0.15) is 13.2 Å². The number of carbonyl (C=O) groups is 1. The molecule has 0 amide bonds. The summed E-state index contributed by atoms with van der Waals surface area (Å²) < 4.78 is 63.6. The fourth-order valence-electron chi connectivity index (χ4n) is 1.02. The van der Waals surface area contributed by atoms with E-state index in [-0.39, 0.29) is 0 Å². The molecule has 0 aromatic carbocycles. The Balaban J connectivity index is 4.99. The fraction of sp³-hybridized carbons (Fsp3) is 0.857. The summed E-state index contributed by atoms with van der Waals surface area (Å²) in [4.78, 5) is 10.7. The molecule has 96 valence electrons. The Morgan fingerprint density at radius 2 is 1.94 bits per heavy atom. The van der Waals surface area contributed by atoms with Gasteiger partial charge in [0.1, 0.15) is 5.75 Å². The molecule has 0 aliphatic heterocycles. The minimum absolute atomic E-state index is 0.440. The van der Waals surface area contributed by atoms with Crippen molar-refractivity contribution in [2.75, 3.05) is 19.4 Å². The number of hydrogen-bond acceptors (Lipinski definition) is 5. The topological polar surface area (TPSA) is 86.5 Å². The number of nitrogens with two attached hydrogens (primary N) is 1. The van der Waals surface area contributed by atoms with Crippen LogP contribution in [0.3, 0.4) is 0 Å². The van der Waals surface area contributed by atoms with E-state index in [1.807, 2.05) is 0 Å². The van der Waals surface area contributed by atoms with Gasteiger partial charge >= 0.3 is 12.1 Å². The van der Waals surface area contributed by atoms with Gasteiger partial charge in [-0.25, -0.2) is 8.42 Å². The molecule has 0 bridgehead atoms. The molecule has 5 nitrogen and oxygen atoms in total. The lowest BCUT2D eigenvalue weighted by atomic mass is 10.3. The Hall–Kier alpha value is -0.830. The predicted molar refractivity (Wildman–Crippen MR) is 49.3 cm³/mol. The van der Waals surface area contributed by atoms with Crippen LogP contribution in [0, 0.1) is 0 Å². The van der Waals surface area contributed by atoms with Gasteiger partial charge in [0, 0.05) is 0 Å². The normalized spacial score (nSPS) is 14.6. The lowest BCUT2D eigenvalue weighted by Gasteiger charge is -2.19. The molecule has 9 heteroatoms. The van der Waals surface area contributed by atoms with Crippen molar-refractivity contribution in [3.05, 3.63) is 0 Å². The van der Waals surface area contributed by atoms with Gasteiger partial charge in [-0.05, 0) is 13.0 Å². The number of rotatable bonds is 5. The first kappa shape index (κ1) is 15.2. The Kier molecular flexibility index (Phi) is 5.20. The highest BCUT2D eigenvalue weighted by molar-refractivity contribution is 7.92. The van der Waals surface area contributed by atoms with Crippen LogP contribution in [-0.2, 0) is 19.4 Å². The second-order valence-electron chi connectivity index (χ2n) is 2.99. The maximum Gasteiger partial charge on any atom is 0.405 e. The standard InChI is InChI=1S/C7H12F3NO4S/c1-15-6(12)4-16(13,14)5(2-3-11)7(8,9)10/h5H,2-4,11H2,1H3. The molecule has 1 atom stereocenters. The largest absolute Gasteiger partial charge is 0.468 e. The second-order valence-corrected chi connectivity index (χ2v) is 5.17. The van der Waals surface area contributed by atoms with Crippen LogP contribution >= 0.6 is 0 Å². The first-order chi connectivity index (χ1) is 7.15. The number of ether oxygens (including phenoxy) is 1. The third-order valence-corrected chi connectivity index (χ3v) is 3.78. The molecular weight excluding hydrogens is 251 g/mol. The van der Waals surface area contributed by atoms with Crippen LogP contribution in [0.4, 0.5) is 13.2 Å². The monoisotopic (exact) mass is 263 g/mol. The van der Waals surface area contributed by atoms with Gasteiger partial charge in [-0.15, -0.1) is 0 Å². The van der Waals surface area contributed by atoms with E-state index in [0.29, 0.717) is 0 Å². The smallest absolute Gasteiger partial charge is 0.405 e. The zero-order chi connectivity index (χ0) is 13.0. The number of alkyl halides is 3. The molecule has 0 aromatic rings. The minimum Gasteiger partial charge on any atom is -0.468 e.